The first-order chi connectivity index (χ1) is 9.67. The summed E-state index contributed by atoms with van der Waals surface area (Å²) in [7, 11) is 1.52. The van der Waals surface area contributed by atoms with Gasteiger partial charge in [0.25, 0.3) is 5.69 Å². The van der Waals surface area contributed by atoms with Crippen LogP contribution < -0.4 is 15.0 Å². The number of anilines is 1. The van der Waals surface area contributed by atoms with Crippen LogP contribution >= 0.6 is 0 Å². The summed E-state index contributed by atoms with van der Waals surface area (Å²) in [5, 5.41) is 14.6. The first kappa shape index (κ1) is 14.6. The van der Waals surface area contributed by atoms with Crippen molar-refractivity contribution in [3.05, 3.63) is 28.3 Å². The molecule has 0 spiro atoms. The van der Waals surface area contributed by atoms with Crippen molar-refractivity contribution in [3.63, 3.8) is 0 Å². The number of rotatable bonds is 6. The minimum Gasteiger partial charge on any atom is -0.496 e. The Morgan fingerprint density at radius 1 is 1.55 bits per heavy atom. The summed E-state index contributed by atoms with van der Waals surface area (Å²) in [5.74, 6) is 0.515. The molecule has 2 rings (SSSR count). The van der Waals surface area contributed by atoms with Crippen LogP contribution in [0.3, 0.4) is 0 Å². The van der Waals surface area contributed by atoms with Crippen molar-refractivity contribution in [1.29, 1.82) is 0 Å². The number of nitrogens with zero attached hydrogens (tertiary/aromatic N) is 2. The van der Waals surface area contributed by atoms with Crippen LogP contribution in [0.25, 0.3) is 0 Å². The van der Waals surface area contributed by atoms with Crippen LogP contribution in [0.15, 0.2) is 18.2 Å². The largest absolute Gasteiger partial charge is 0.496 e. The van der Waals surface area contributed by atoms with Crippen molar-refractivity contribution in [3.8, 4) is 5.75 Å². The molecule has 0 saturated carbocycles. The van der Waals surface area contributed by atoms with E-state index in [1.165, 1.54) is 13.2 Å². The lowest BCUT2D eigenvalue weighted by Gasteiger charge is -2.30. The second kappa shape index (κ2) is 6.56. The highest BCUT2D eigenvalue weighted by Gasteiger charge is 2.27. The summed E-state index contributed by atoms with van der Waals surface area (Å²) in [4.78, 5) is 13.1. The van der Waals surface area contributed by atoms with E-state index in [2.05, 4.69) is 17.1 Å². The van der Waals surface area contributed by atoms with Crippen LogP contribution in [0.2, 0.25) is 0 Å². The van der Waals surface area contributed by atoms with E-state index in [0.29, 0.717) is 17.5 Å². The van der Waals surface area contributed by atoms with Gasteiger partial charge in [-0.2, -0.15) is 0 Å². The molecule has 0 aromatic heterocycles. The van der Waals surface area contributed by atoms with E-state index >= 15 is 0 Å². The molecule has 6 nitrogen and oxygen atoms in total. The van der Waals surface area contributed by atoms with Gasteiger partial charge in [0.05, 0.1) is 18.1 Å². The molecule has 1 atom stereocenters. The highest BCUT2D eigenvalue weighted by atomic mass is 16.6. The van der Waals surface area contributed by atoms with E-state index < -0.39 is 0 Å². The summed E-state index contributed by atoms with van der Waals surface area (Å²) < 4.78 is 5.09. The normalized spacial score (nSPS) is 18.0. The number of benzene rings is 1. The third-order valence-corrected chi connectivity index (χ3v) is 3.63. The minimum absolute atomic E-state index is 0.115. The van der Waals surface area contributed by atoms with Crippen molar-refractivity contribution >= 4 is 11.4 Å². The summed E-state index contributed by atoms with van der Waals surface area (Å²) in [6.07, 6.45) is 1.98. The highest BCUT2D eigenvalue weighted by Crippen LogP contribution is 2.34. The molecular weight excluding hydrogens is 258 g/mol. The number of nitrogens with one attached hydrogen (secondary N) is 1. The Hall–Kier alpha value is -1.82. The van der Waals surface area contributed by atoms with Crippen molar-refractivity contribution in [2.45, 2.75) is 25.8 Å². The lowest BCUT2D eigenvalue weighted by atomic mass is 10.1. The standard InChI is InChI=1S/C14H21N3O3/c1-3-8-16(11-6-7-15-10-11)13-5-4-12(20-2)9-14(13)17(18)19/h4-5,9,11,15H,3,6-8,10H2,1-2H3. The smallest absolute Gasteiger partial charge is 0.296 e. The maximum atomic E-state index is 11.3. The molecule has 1 N–H and O–H groups in total. The molecule has 1 aliphatic rings. The van der Waals surface area contributed by atoms with Gasteiger partial charge in [0.1, 0.15) is 11.4 Å². The molecule has 110 valence electrons. The number of hydrogen-bond donors (Lipinski definition) is 1. The average molecular weight is 279 g/mol. The Morgan fingerprint density at radius 3 is 2.90 bits per heavy atom. The van der Waals surface area contributed by atoms with Crippen molar-refractivity contribution in [2.75, 3.05) is 31.6 Å². The number of nitro benzene ring substituents is 1. The fourth-order valence-corrected chi connectivity index (χ4v) is 2.67. The topological polar surface area (TPSA) is 67.6 Å². The fourth-order valence-electron chi connectivity index (χ4n) is 2.67. The molecule has 0 bridgehead atoms. The Bertz CT molecular complexity index is 473. The van der Waals surface area contributed by atoms with Crippen LogP contribution in [0.1, 0.15) is 19.8 Å². The molecule has 0 amide bonds. The van der Waals surface area contributed by atoms with Crippen LogP contribution in [0, 0.1) is 10.1 Å². The van der Waals surface area contributed by atoms with Gasteiger partial charge in [-0.1, -0.05) is 6.92 Å². The van der Waals surface area contributed by atoms with Crippen LogP contribution in [-0.4, -0.2) is 37.7 Å². The molecule has 0 aliphatic carbocycles. The zero-order valence-electron chi connectivity index (χ0n) is 12.0. The second-order valence-corrected chi connectivity index (χ2v) is 4.95. The molecule has 0 radical (unpaired) electrons. The Morgan fingerprint density at radius 2 is 2.35 bits per heavy atom. The molecule has 1 heterocycles. The molecule has 1 unspecified atom stereocenters. The predicted molar refractivity (Wildman–Crippen MR) is 78.6 cm³/mol. The van der Waals surface area contributed by atoms with E-state index in [9.17, 15) is 10.1 Å². The van der Waals surface area contributed by atoms with Gasteiger partial charge < -0.3 is 15.0 Å². The monoisotopic (exact) mass is 279 g/mol. The Labute approximate surface area is 118 Å². The number of nitro groups is 1. The first-order valence-corrected chi connectivity index (χ1v) is 6.97. The van der Waals surface area contributed by atoms with Crippen molar-refractivity contribution in [1.82, 2.24) is 5.32 Å². The summed E-state index contributed by atoms with van der Waals surface area (Å²) in [5.41, 5.74) is 0.802. The van der Waals surface area contributed by atoms with Crippen LogP contribution in [0.5, 0.6) is 5.75 Å². The van der Waals surface area contributed by atoms with E-state index in [1.807, 2.05) is 0 Å². The summed E-state index contributed by atoms with van der Waals surface area (Å²) in [6, 6.07) is 5.40. The molecule has 20 heavy (non-hydrogen) atoms. The van der Waals surface area contributed by atoms with Crippen LogP contribution in [-0.2, 0) is 0 Å². The third-order valence-electron chi connectivity index (χ3n) is 3.63. The van der Waals surface area contributed by atoms with Gasteiger partial charge in [0.15, 0.2) is 0 Å². The molecular formula is C14H21N3O3. The number of ether oxygens (including phenoxy) is 1. The van der Waals surface area contributed by atoms with Crippen molar-refractivity contribution in [2.24, 2.45) is 0 Å². The molecule has 1 saturated heterocycles. The number of methoxy groups -OCH3 is 1. The minimum atomic E-state index is -0.330. The highest BCUT2D eigenvalue weighted by molar-refractivity contribution is 5.66. The molecule has 1 aromatic rings. The van der Waals surface area contributed by atoms with Gasteiger partial charge in [-0.15, -0.1) is 0 Å². The first-order valence-electron chi connectivity index (χ1n) is 6.97. The second-order valence-electron chi connectivity index (χ2n) is 4.95. The van der Waals surface area contributed by atoms with Gasteiger partial charge in [-0.05, 0) is 31.5 Å². The van der Waals surface area contributed by atoms with E-state index in [0.717, 1.165) is 32.5 Å². The summed E-state index contributed by atoms with van der Waals surface area (Å²) in [6.45, 7) is 4.75. The van der Waals surface area contributed by atoms with E-state index in [-0.39, 0.29) is 10.6 Å². The van der Waals surface area contributed by atoms with Gasteiger partial charge in [0.2, 0.25) is 0 Å². The number of hydrogen-bond acceptors (Lipinski definition) is 5. The molecule has 1 aliphatic heterocycles. The molecule has 6 heteroatoms. The quantitative estimate of drug-likeness (QED) is 0.638. The van der Waals surface area contributed by atoms with Gasteiger partial charge >= 0.3 is 0 Å². The molecule has 1 aromatic carbocycles. The lowest BCUT2D eigenvalue weighted by Crippen LogP contribution is -2.37. The average Bonchev–Trinajstić information content (AvgIpc) is 2.98. The third kappa shape index (κ3) is 3.01. The van der Waals surface area contributed by atoms with E-state index in [1.54, 1.807) is 12.1 Å². The summed E-state index contributed by atoms with van der Waals surface area (Å²) >= 11 is 0. The van der Waals surface area contributed by atoms with Gasteiger partial charge in [-0.3, -0.25) is 10.1 Å². The fraction of sp³-hybridized carbons (Fsp3) is 0.571. The molecule has 1 fully saturated rings. The predicted octanol–water partition coefficient (Wildman–Crippen LogP) is 2.18. The van der Waals surface area contributed by atoms with Gasteiger partial charge in [0, 0.05) is 19.1 Å². The van der Waals surface area contributed by atoms with Crippen LogP contribution in [0.4, 0.5) is 11.4 Å². The van der Waals surface area contributed by atoms with E-state index in [4.69, 9.17) is 4.74 Å². The van der Waals surface area contributed by atoms with Crippen molar-refractivity contribution < 1.29 is 9.66 Å². The Kier molecular flexibility index (Phi) is 4.79. The zero-order chi connectivity index (χ0) is 14.5. The maximum absolute atomic E-state index is 11.3. The van der Waals surface area contributed by atoms with Gasteiger partial charge in [-0.25, -0.2) is 0 Å². The Balaban J connectivity index is 2.38. The lowest BCUT2D eigenvalue weighted by molar-refractivity contribution is -0.384. The maximum Gasteiger partial charge on any atom is 0.296 e. The zero-order valence-corrected chi connectivity index (χ0v) is 12.0. The SMILES string of the molecule is CCCN(c1ccc(OC)cc1[N+](=O)[O-])C1CCNC1.